The molecule has 0 atom stereocenters. The number of carbonyl (C=O) groups excluding carboxylic acids is 2. The van der Waals surface area contributed by atoms with Crippen molar-refractivity contribution in [3.8, 4) is 11.5 Å². The van der Waals surface area contributed by atoms with Crippen molar-refractivity contribution >= 4 is 11.8 Å². The van der Waals surface area contributed by atoms with Crippen LogP contribution < -0.4 is 0 Å². The number of carbonyl (C=O) groups is 2. The Hall–Kier alpha value is -3.02. The van der Waals surface area contributed by atoms with Crippen molar-refractivity contribution in [2.75, 3.05) is 26.2 Å². The van der Waals surface area contributed by atoms with E-state index in [4.69, 9.17) is 0 Å². The van der Waals surface area contributed by atoms with Crippen molar-refractivity contribution in [3.63, 3.8) is 0 Å². The van der Waals surface area contributed by atoms with E-state index in [1.54, 1.807) is 9.80 Å². The van der Waals surface area contributed by atoms with Crippen LogP contribution in [0.5, 0.6) is 11.5 Å². The zero-order valence-corrected chi connectivity index (χ0v) is 15.6. The Kier molecular flexibility index (Phi) is 5.35. The Morgan fingerprint density at radius 1 is 0.778 bits per heavy atom. The number of benzene rings is 2. The van der Waals surface area contributed by atoms with Crippen molar-refractivity contribution in [3.05, 3.63) is 59.2 Å². The monoisotopic (exact) mass is 368 g/mol. The van der Waals surface area contributed by atoms with Crippen molar-refractivity contribution in [2.45, 2.75) is 19.8 Å². The fraction of sp³-hybridized carbons (Fsp3) is 0.333. The van der Waals surface area contributed by atoms with E-state index < -0.39 is 0 Å². The molecule has 0 saturated carbocycles. The van der Waals surface area contributed by atoms with E-state index in [9.17, 15) is 19.8 Å². The molecule has 2 amide bonds. The van der Waals surface area contributed by atoms with Crippen LogP contribution in [0.4, 0.5) is 0 Å². The molecule has 0 radical (unpaired) electrons. The van der Waals surface area contributed by atoms with Gasteiger partial charge in [-0.25, -0.2) is 0 Å². The molecule has 142 valence electrons. The Labute approximate surface area is 158 Å². The number of aromatic hydroxyl groups is 2. The van der Waals surface area contributed by atoms with Gasteiger partial charge in [0.1, 0.15) is 11.5 Å². The number of piperazine rings is 1. The Bertz CT molecular complexity index is 818. The third kappa shape index (κ3) is 4.22. The predicted molar refractivity (Wildman–Crippen MR) is 102 cm³/mol. The van der Waals surface area contributed by atoms with Crippen LogP contribution in [-0.4, -0.2) is 58.0 Å². The first-order chi connectivity index (χ1) is 12.8. The second-order valence-electron chi connectivity index (χ2n) is 7.10. The molecule has 1 fully saturated rings. The lowest BCUT2D eigenvalue weighted by Gasteiger charge is -2.35. The summed E-state index contributed by atoms with van der Waals surface area (Å²) in [5.74, 6) is -0.198. The minimum absolute atomic E-state index is 0.0348. The van der Waals surface area contributed by atoms with E-state index in [1.807, 2.05) is 24.3 Å². The van der Waals surface area contributed by atoms with E-state index in [0.717, 1.165) is 0 Å². The normalized spacial score (nSPS) is 14.5. The maximum absolute atomic E-state index is 12.7. The number of hydrogen-bond donors (Lipinski definition) is 2. The molecule has 1 aliphatic rings. The second kappa shape index (κ2) is 7.70. The van der Waals surface area contributed by atoms with Gasteiger partial charge in [-0.05, 0) is 35.7 Å². The van der Waals surface area contributed by atoms with Gasteiger partial charge in [0, 0.05) is 43.4 Å². The first-order valence-corrected chi connectivity index (χ1v) is 9.06. The summed E-state index contributed by atoms with van der Waals surface area (Å²) in [6.45, 7) is 5.93. The minimum atomic E-state index is -0.269. The van der Waals surface area contributed by atoms with Crippen molar-refractivity contribution < 1.29 is 19.8 Å². The summed E-state index contributed by atoms with van der Waals surface area (Å²) in [5, 5.41) is 19.1. The molecule has 27 heavy (non-hydrogen) atoms. The van der Waals surface area contributed by atoms with Crippen LogP contribution in [0.1, 0.15) is 46.0 Å². The van der Waals surface area contributed by atoms with Crippen LogP contribution >= 0.6 is 0 Å². The molecule has 0 aromatic heterocycles. The molecule has 3 rings (SSSR count). The minimum Gasteiger partial charge on any atom is -0.508 e. The van der Waals surface area contributed by atoms with Crippen molar-refractivity contribution in [2.24, 2.45) is 0 Å². The highest BCUT2D eigenvalue weighted by atomic mass is 16.3. The third-order valence-electron chi connectivity index (χ3n) is 4.83. The molecule has 2 aromatic rings. The largest absolute Gasteiger partial charge is 0.508 e. The van der Waals surface area contributed by atoms with Crippen LogP contribution in [0.15, 0.2) is 42.5 Å². The van der Waals surface area contributed by atoms with Gasteiger partial charge in [0.15, 0.2) is 0 Å². The molecule has 2 aromatic carbocycles. The summed E-state index contributed by atoms with van der Waals surface area (Å²) in [7, 11) is 0. The number of amides is 2. The Morgan fingerprint density at radius 2 is 1.22 bits per heavy atom. The van der Waals surface area contributed by atoms with Gasteiger partial charge in [0.25, 0.3) is 11.8 Å². The van der Waals surface area contributed by atoms with E-state index >= 15 is 0 Å². The SMILES string of the molecule is CC(C)c1ccc(C(=O)N2CCN(C(=O)c3cc(O)cc(O)c3)CC2)cc1. The topological polar surface area (TPSA) is 81.1 Å². The number of rotatable bonds is 3. The van der Waals surface area contributed by atoms with E-state index in [-0.39, 0.29) is 28.9 Å². The molecule has 0 spiro atoms. The highest BCUT2D eigenvalue weighted by Gasteiger charge is 2.26. The van der Waals surface area contributed by atoms with Crippen LogP contribution in [0, 0.1) is 0 Å². The predicted octanol–water partition coefficient (Wildman–Crippen LogP) is 2.82. The van der Waals surface area contributed by atoms with Crippen molar-refractivity contribution in [1.29, 1.82) is 0 Å². The van der Waals surface area contributed by atoms with Crippen LogP contribution in [-0.2, 0) is 0 Å². The lowest BCUT2D eigenvalue weighted by Crippen LogP contribution is -2.50. The molecular weight excluding hydrogens is 344 g/mol. The fourth-order valence-electron chi connectivity index (χ4n) is 3.21. The molecule has 6 nitrogen and oxygen atoms in total. The van der Waals surface area contributed by atoms with Crippen LogP contribution in [0.3, 0.4) is 0 Å². The molecular formula is C21H24N2O4. The van der Waals surface area contributed by atoms with Crippen LogP contribution in [0.25, 0.3) is 0 Å². The summed E-state index contributed by atoms with van der Waals surface area (Å²) in [4.78, 5) is 28.6. The van der Waals surface area contributed by atoms with Crippen molar-refractivity contribution in [1.82, 2.24) is 9.80 Å². The zero-order chi connectivity index (χ0) is 19.6. The van der Waals surface area contributed by atoms with Gasteiger partial charge in [-0.3, -0.25) is 9.59 Å². The van der Waals surface area contributed by atoms with E-state index in [2.05, 4.69) is 13.8 Å². The molecule has 0 unspecified atom stereocenters. The maximum atomic E-state index is 12.7. The van der Waals surface area contributed by atoms with E-state index in [1.165, 1.54) is 23.8 Å². The smallest absolute Gasteiger partial charge is 0.254 e. The molecule has 1 heterocycles. The second-order valence-corrected chi connectivity index (χ2v) is 7.10. The fourth-order valence-corrected chi connectivity index (χ4v) is 3.21. The number of phenols is 2. The van der Waals surface area contributed by atoms with Gasteiger partial charge in [0.2, 0.25) is 0 Å². The van der Waals surface area contributed by atoms with Gasteiger partial charge < -0.3 is 20.0 Å². The van der Waals surface area contributed by atoms with Gasteiger partial charge in [-0.15, -0.1) is 0 Å². The van der Waals surface area contributed by atoms with Gasteiger partial charge in [0.05, 0.1) is 0 Å². The van der Waals surface area contributed by atoms with Gasteiger partial charge in [-0.2, -0.15) is 0 Å². The summed E-state index contributed by atoms with van der Waals surface area (Å²) in [6.07, 6.45) is 0. The average molecular weight is 368 g/mol. The standard InChI is InChI=1S/C21H24N2O4/c1-14(2)15-3-5-16(6-4-15)20(26)22-7-9-23(10-8-22)21(27)17-11-18(24)13-19(25)12-17/h3-6,11-14,24-25H,7-10H2,1-2H3. The lowest BCUT2D eigenvalue weighted by atomic mass is 10.0. The summed E-state index contributed by atoms with van der Waals surface area (Å²) < 4.78 is 0. The maximum Gasteiger partial charge on any atom is 0.254 e. The average Bonchev–Trinajstić information content (AvgIpc) is 2.66. The molecule has 6 heteroatoms. The van der Waals surface area contributed by atoms with E-state index in [0.29, 0.717) is 37.7 Å². The number of nitrogens with zero attached hydrogens (tertiary/aromatic N) is 2. The summed E-state index contributed by atoms with van der Waals surface area (Å²) >= 11 is 0. The Morgan fingerprint density at radius 3 is 1.67 bits per heavy atom. The number of phenolic OH excluding ortho intramolecular Hbond substituents is 2. The number of hydrogen-bond acceptors (Lipinski definition) is 4. The highest BCUT2D eigenvalue weighted by molar-refractivity contribution is 5.96. The Balaban J connectivity index is 1.62. The summed E-state index contributed by atoms with van der Waals surface area (Å²) in [6, 6.07) is 11.5. The lowest BCUT2D eigenvalue weighted by molar-refractivity contribution is 0.0535. The van der Waals surface area contributed by atoms with Crippen LogP contribution in [0.2, 0.25) is 0 Å². The molecule has 0 bridgehead atoms. The first-order valence-electron chi connectivity index (χ1n) is 9.06. The summed E-state index contributed by atoms with van der Waals surface area (Å²) in [5.41, 5.74) is 2.07. The zero-order valence-electron chi connectivity index (χ0n) is 15.6. The molecule has 2 N–H and O–H groups in total. The first kappa shape index (κ1) is 18.8. The van der Waals surface area contributed by atoms with Gasteiger partial charge >= 0.3 is 0 Å². The van der Waals surface area contributed by atoms with Gasteiger partial charge in [-0.1, -0.05) is 26.0 Å². The third-order valence-corrected chi connectivity index (χ3v) is 4.83. The quantitative estimate of drug-likeness (QED) is 0.873. The highest BCUT2D eigenvalue weighted by Crippen LogP contribution is 2.22. The molecule has 1 aliphatic heterocycles. The molecule has 1 saturated heterocycles. The molecule has 0 aliphatic carbocycles.